The first-order valence-electron chi connectivity index (χ1n) is 7.05. The lowest BCUT2D eigenvalue weighted by Crippen LogP contribution is -2.23. The number of nitrogens with zero attached hydrogens (tertiary/aromatic N) is 1. The number of ether oxygens (including phenoxy) is 1. The molecule has 0 amide bonds. The third-order valence-corrected chi connectivity index (χ3v) is 3.50. The van der Waals surface area contributed by atoms with Gasteiger partial charge in [0.2, 0.25) is 0 Å². The number of rotatable bonds is 7. The molecule has 0 heterocycles. The number of hydrogen-bond donors (Lipinski definition) is 1. The van der Waals surface area contributed by atoms with Crippen LogP contribution in [0.3, 0.4) is 0 Å². The molecule has 0 atom stereocenters. The van der Waals surface area contributed by atoms with Crippen LogP contribution in [-0.2, 0) is 0 Å². The highest BCUT2D eigenvalue weighted by Crippen LogP contribution is 2.33. The summed E-state index contributed by atoms with van der Waals surface area (Å²) in [5, 5.41) is 3.19. The van der Waals surface area contributed by atoms with E-state index in [1.54, 1.807) is 7.11 Å². The average Bonchev–Trinajstić information content (AvgIpc) is 2.37. The van der Waals surface area contributed by atoms with Crippen LogP contribution >= 0.6 is 0 Å². The maximum Gasteiger partial charge on any atom is 0.122 e. The van der Waals surface area contributed by atoms with E-state index in [-0.39, 0.29) is 0 Å². The van der Waals surface area contributed by atoms with Crippen LogP contribution in [-0.4, -0.2) is 34.3 Å². The summed E-state index contributed by atoms with van der Waals surface area (Å²) in [7, 11) is 5.90. The van der Waals surface area contributed by atoms with Crippen molar-refractivity contribution in [3.8, 4) is 5.75 Å². The topological polar surface area (TPSA) is 24.5 Å². The maximum absolute atomic E-state index is 5.49. The highest BCUT2D eigenvalue weighted by atomic mass is 16.5. The van der Waals surface area contributed by atoms with Crippen molar-refractivity contribution >= 4 is 5.69 Å². The van der Waals surface area contributed by atoms with E-state index in [1.165, 1.54) is 16.8 Å². The van der Waals surface area contributed by atoms with E-state index >= 15 is 0 Å². The van der Waals surface area contributed by atoms with E-state index < -0.39 is 0 Å². The zero-order valence-electron chi connectivity index (χ0n) is 13.2. The van der Waals surface area contributed by atoms with Crippen LogP contribution in [0.15, 0.2) is 12.1 Å². The summed E-state index contributed by atoms with van der Waals surface area (Å²) in [4.78, 5) is 2.33. The standard InChI is InChI=1S/C16H28N2O/c1-12(2)14-11-15(13(3)10-16(14)19-6)18(5)9-7-8-17-4/h10-12,17H,7-9H2,1-6H3. The van der Waals surface area contributed by atoms with Gasteiger partial charge in [0.05, 0.1) is 7.11 Å². The van der Waals surface area contributed by atoms with E-state index in [0.717, 1.165) is 25.3 Å². The van der Waals surface area contributed by atoms with E-state index in [4.69, 9.17) is 4.74 Å². The summed E-state index contributed by atoms with van der Waals surface area (Å²) in [6.45, 7) is 8.68. The van der Waals surface area contributed by atoms with Gasteiger partial charge in [-0.3, -0.25) is 0 Å². The largest absolute Gasteiger partial charge is 0.496 e. The van der Waals surface area contributed by atoms with Gasteiger partial charge in [-0.15, -0.1) is 0 Å². The van der Waals surface area contributed by atoms with Gasteiger partial charge >= 0.3 is 0 Å². The van der Waals surface area contributed by atoms with Gasteiger partial charge in [0.15, 0.2) is 0 Å². The predicted molar refractivity (Wildman–Crippen MR) is 83.6 cm³/mol. The fourth-order valence-electron chi connectivity index (χ4n) is 2.34. The van der Waals surface area contributed by atoms with Crippen LogP contribution < -0.4 is 15.0 Å². The molecular weight excluding hydrogens is 236 g/mol. The number of methoxy groups -OCH3 is 1. The number of nitrogens with one attached hydrogen (secondary N) is 1. The van der Waals surface area contributed by atoms with Gasteiger partial charge in [-0.05, 0) is 56.1 Å². The third-order valence-electron chi connectivity index (χ3n) is 3.50. The first-order chi connectivity index (χ1) is 9.01. The second-order valence-electron chi connectivity index (χ2n) is 5.41. The Hall–Kier alpha value is -1.22. The molecule has 0 saturated carbocycles. The number of aryl methyl sites for hydroxylation is 1. The molecule has 108 valence electrons. The molecule has 0 aliphatic carbocycles. The van der Waals surface area contributed by atoms with E-state index in [0.29, 0.717) is 5.92 Å². The Balaban J connectivity index is 2.97. The van der Waals surface area contributed by atoms with Crippen molar-refractivity contribution in [1.29, 1.82) is 0 Å². The quantitative estimate of drug-likeness (QED) is 0.766. The Morgan fingerprint density at radius 1 is 1.32 bits per heavy atom. The Morgan fingerprint density at radius 3 is 2.53 bits per heavy atom. The first kappa shape index (κ1) is 15.8. The minimum atomic E-state index is 0.472. The molecule has 1 aromatic carbocycles. The second kappa shape index (κ2) is 7.39. The van der Waals surface area contributed by atoms with E-state index in [1.807, 2.05) is 7.05 Å². The van der Waals surface area contributed by atoms with Gasteiger partial charge in [0.25, 0.3) is 0 Å². The minimum Gasteiger partial charge on any atom is -0.496 e. The molecule has 0 aromatic heterocycles. The second-order valence-corrected chi connectivity index (χ2v) is 5.41. The maximum atomic E-state index is 5.49. The van der Waals surface area contributed by atoms with Crippen molar-refractivity contribution < 1.29 is 4.74 Å². The van der Waals surface area contributed by atoms with Gasteiger partial charge in [0, 0.05) is 19.3 Å². The SMILES string of the molecule is CNCCCN(C)c1cc(C(C)C)c(OC)cc1C. The zero-order chi connectivity index (χ0) is 14.4. The minimum absolute atomic E-state index is 0.472. The summed E-state index contributed by atoms with van der Waals surface area (Å²) in [5.74, 6) is 1.47. The Bertz CT molecular complexity index is 402. The van der Waals surface area contributed by atoms with Gasteiger partial charge < -0.3 is 15.0 Å². The number of anilines is 1. The molecule has 1 rings (SSSR count). The van der Waals surface area contributed by atoms with Crippen molar-refractivity contribution in [1.82, 2.24) is 5.32 Å². The monoisotopic (exact) mass is 264 g/mol. The molecule has 3 heteroatoms. The normalized spacial score (nSPS) is 10.9. The smallest absolute Gasteiger partial charge is 0.122 e. The molecule has 3 nitrogen and oxygen atoms in total. The summed E-state index contributed by atoms with van der Waals surface area (Å²) >= 11 is 0. The summed E-state index contributed by atoms with van der Waals surface area (Å²) < 4.78 is 5.49. The summed E-state index contributed by atoms with van der Waals surface area (Å²) in [6.07, 6.45) is 1.15. The van der Waals surface area contributed by atoms with Crippen molar-refractivity contribution in [2.75, 3.05) is 39.2 Å². The molecule has 0 fully saturated rings. The molecule has 0 saturated heterocycles. The first-order valence-corrected chi connectivity index (χ1v) is 7.05. The van der Waals surface area contributed by atoms with Crippen molar-refractivity contribution in [3.63, 3.8) is 0 Å². The number of benzene rings is 1. The molecule has 0 aliphatic heterocycles. The molecular formula is C16H28N2O. The third kappa shape index (κ3) is 4.13. The Kier molecular flexibility index (Phi) is 6.16. The van der Waals surface area contributed by atoms with E-state index in [2.05, 4.69) is 50.2 Å². The Labute approximate surface area is 118 Å². The summed E-state index contributed by atoms with van der Waals surface area (Å²) in [5.41, 5.74) is 3.86. The highest BCUT2D eigenvalue weighted by Gasteiger charge is 2.13. The fraction of sp³-hybridized carbons (Fsp3) is 0.625. The lowest BCUT2D eigenvalue weighted by Gasteiger charge is -2.24. The highest BCUT2D eigenvalue weighted by molar-refractivity contribution is 5.59. The van der Waals surface area contributed by atoms with Crippen LogP contribution in [0.1, 0.15) is 37.3 Å². The lowest BCUT2D eigenvalue weighted by molar-refractivity contribution is 0.407. The molecule has 1 N–H and O–H groups in total. The predicted octanol–water partition coefficient (Wildman–Crippen LogP) is 3.17. The van der Waals surface area contributed by atoms with Gasteiger partial charge in [-0.2, -0.15) is 0 Å². The van der Waals surface area contributed by atoms with Crippen LogP contribution in [0.4, 0.5) is 5.69 Å². The summed E-state index contributed by atoms with van der Waals surface area (Å²) in [6, 6.07) is 4.43. The molecule has 0 aliphatic rings. The van der Waals surface area contributed by atoms with Crippen LogP contribution in [0, 0.1) is 6.92 Å². The number of hydrogen-bond acceptors (Lipinski definition) is 3. The van der Waals surface area contributed by atoms with Crippen LogP contribution in [0.5, 0.6) is 5.75 Å². The Morgan fingerprint density at radius 2 is 2.00 bits per heavy atom. The molecule has 0 spiro atoms. The van der Waals surface area contributed by atoms with Crippen LogP contribution in [0.2, 0.25) is 0 Å². The van der Waals surface area contributed by atoms with Gasteiger partial charge in [-0.25, -0.2) is 0 Å². The molecule has 1 aromatic rings. The van der Waals surface area contributed by atoms with Gasteiger partial charge in [-0.1, -0.05) is 13.8 Å². The molecule has 19 heavy (non-hydrogen) atoms. The van der Waals surface area contributed by atoms with Crippen molar-refractivity contribution in [2.24, 2.45) is 0 Å². The molecule has 0 radical (unpaired) electrons. The lowest BCUT2D eigenvalue weighted by atomic mass is 9.98. The van der Waals surface area contributed by atoms with Crippen molar-refractivity contribution in [3.05, 3.63) is 23.3 Å². The molecule has 0 bridgehead atoms. The van der Waals surface area contributed by atoms with E-state index in [9.17, 15) is 0 Å². The van der Waals surface area contributed by atoms with Crippen molar-refractivity contribution in [2.45, 2.75) is 33.1 Å². The average molecular weight is 264 g/mol. The molecule has 0 unspecified atom stereocenters. The zero-order valence-corrected chi connectivity index (χ0v) is 13.2. The van der Waals surface area contributed by atoms with Crippen LogP contribution in [0.25, 0.3) is 0 Å². The van der Waals surface area contributed by atoms with Gasteiger partial charge in [0.1, 0.15) is 5.75 Å². The fourth-order valence-corrected chi connectivity index (χ4v) is 2.34.